The molecular formula is C43H51N5O6. The third-order valence-corrected chi connectivity index (χ3v) is 10.8. The third-order valence-electron chi connectivity index (χ3n) is 10.8. The largest absolute Gasteiger partial charge is 0.453 e. The van der Waals surface area contributed by atoms with E-state index in [0.717, 1.165) is 33.4 Å². The first-order chi connectivity index (χ1) is 25.9. The van der Waals surface area contributed by atoms with Crippen molar-refractivity contribution in [2.24, 2.45) is 10.8 Å². The molecule has 6 rings (SSSR count). The van der Waals surface area contributed by atoms with Gasteiger partial charge in [-0.3, -0.25) is 20.0 Å². The van der Waals surface area contributed by atoms with E-state index in [1.807, 2.05) is 112 Å². The number of likely N-dealkylation sites (tertiary alicyclic amines) is 1. The Morgan fingerprint density at radius 2 is 1.69 bits per heavy atom. The van der Waals surface area contributed by atoms with Gasteiger partial charge in [-0.1, -0.05) is 106 Å². The number of β-amino-alcohol motifs (C(OH)–C–C–N with tert-alkyl or cyclic N) is 1. The minimum atomic E-state index is -1.15. The van der Waals surface area contributed by atoms with Gasteiger partial charge in [-0.05, 0) is 64.1 Å². The average molecular weight is 734 g/mol. The lowest BCUT2D eigenvalue weighted by Crippen LogP contribution is -2.57. The molecule has 3 aromatic carbocycles. The van der Waals surface area contributed by atoms with Crippen LogP contribution in [0.3, 0.4) is 0 Å². The van der Waals surface area contributed by atoms with Gasteiger partial charge in [0, 0.05) is 38.4 Å². The normalized spacial score (nSPS) is 21.5. The van der Waals surface area contributed by atoms with Crippen molar-refractivity contribution in [1.82, 2.24) is 25.6 Å². The summed E-state index contributed by atoms with van der Waals surface area (Å²) in [6.07, 6.45) is 2.63. The molecule has 0 spiro atoms. The van der Waals surface area contributed by atoms with Gasteiger partial charge >= 0.3 is 6.09 Å². The standard InChI is InChI=1S/C43H51N5O6/c1-42(2,3)38(45-41(53)54-4)39(51)46-47(27-30-17-19-31(20-18-30)33-15-10-22-44-26-33)23-11-21-43(25-29-12-6-5-7-13-29)36(50)28-48(40(43)52)37-34-16-9-8-14-32(34)24-35(37)49/h5-10,12-20,22,26,35-38,49-50H,11,21,23-25,27-28H2,1-4H3,(H,45,53)(H,46,51)/t35-,36-,37?,38-,43+/m1/s1. The number of aromatic nitrogens is 1. The van der Waals surface area contributed by atoms with Crippen LogP contribution in [0.15, 0.2) is 103 Å². The predicted octanol–water partition coefficient (Wildman–Crippen LogP) is 5.22. The highest BCUT2D eigenvalue weighted by molar-refractivity contribution is 5.87. The van der Waals surface area contributed by atoms with E-state index in [1.54, 1.807) is 22.3 Å². The monoisotopic (exact) mass is 733 g/mol. The summed E-state index contributed by atoms with van der Waals surface area (Å²) in [6.45, 7) is 6.38. The fourth-order valence-corrected chi connectivity index (χ4v) is 7.95. The van der Waals surface area contributed by atoms with Gasteiger partial charge in [0.25, 0.3) is 5.91 Å². The quantitative estimate of drug-likeness (QED) is 0.137. The van der Waals surface area contributed by atoms with Crippen molar-refractivity contribution in [2.75, 3.05) is 20.2 Å². The van der Waals surface area contributed by atoms with Crippen LogP contribution in [0.2, 0.25) is 0 Å². The lowest BCUT2D eigenvalue weighted by Gasteiger charge is -2.34. The summed E-state index contributed by atoms with van der Waals surface area (Å²) in [4.78, 5) is 46.8. The first-order valence-corrected chi connectivity index (χ1v) is 18.6. The predicted molar refractivity (Wildman–Crippen MR) is 205 cm³/mol. The number of amides is 3. The first-order valence-electron chi connectivity index (χ1n) is 18.6. The summed E-state index contributed by atoms with van der Waals surface area (Å²) in [6, 6.07) is 27.9. The number of hydrogen-bond donors (Lipinski definition) is 4. The highest BCUT2D eigenvalue weighted by Crippen LogP contribution is 2.46. The van der Waals surface area contributed by atoms with Crippen LogP contribution in [0.25, 0.3) is 11.1 Å². The van der Waals surface area contributed by atoms with Crippen LogP contribution in [0, 0.1) is 10.8 Å². The van der Waals surface area contributed by atoms with Crippen LogP contribution in [0.4, 0.5) is 4.79 Å². The fourth-order valence-electron chi connectivity index (χ4n) is 7.95. The number of nitrogens with one attached hydrogen (secondary N) is 2. The maximum Gasteiger partial charge on any atom is 0.407 e. The van der Waals surface area contributed by atoms with Crippen molar-refractivity contribution in [3.63, 3.8) is 0 Å². The number of carbonyl (C=O) groups excluding carboxylic acids is 3. The Labute approximate surface area is 317 Å². The lowest BCUT2D eigenvalue weighted by molar-refractivity contribution is -0.142. The Balaban J connectivity index is 1.26. The molecule has 2 heterocycles. The molecular weight excluding hydrogens is 683 g/mol. The molecule has 1 saturated heterocycles. The number of methoxy groups -OCH3 is 1. The Bertz CT molecular complexity index is 1900. The molecule has 1 fully saturated rings. The molecule has 0 saturated carbocycles. The second-order valence-corrected chi connectivity index (χ2v) is 15.6. The second-order valence-electron chi connectivity index (χ2n) is 15.6. The Kier molecular flexibility index (Phi) is 11.8. The molecule has 1 unspecified atom stereocenters. The van der Waals surface area contributed by atoms with Gasteiger partial charge in [0.1, 0.15) is 6.04 Å². The maximum atomic E-state index is 14.7. The first kappa shape index (κ1) is 38.6. The van der Waals surface area contributed by atoms with Gasteiger partial charge in [-0.15, -0.1) is 0 Å². The summed E-state index contributed by atoms with van der Waals surface area (Å²) in [7, 11) is 1.26. The molecule has 1 aliphatic heterocycles. The molecule has 2 aliphatic rings. The number of aliphatic hydroxyl groups is 2. The van der Waals surface area contributed by atoms with Crippen LogP contribution in [0.1, 0.15) is 61.9 Å². The summed E-state index contributed by atoms with van der Waals surface area (Å²) in [5, 5.41) is 27.6. The number of pyridine rings is 1. The fraction of sp³-hybridized carbons (Fsp3) is 0.395. The van der Waals surface area contributed by atoms with E-state index >= 15 is 0 Å². The molecule has 54 heavy (non-hydrogen) atoms. The van der Waals surface area contributed by atoms with E-state index in [0.29, 0.717) is 38.8 Å². The van der Waals surface area contributed by atoms with E-state index in [2.05, 4.69) is 15.7 Å². The summed E-state index contributed by atoms with van der Waals surface area (Å²) < 4.78 is 4.82. The number of alkyl carbamates (subject to hydrolysis) is 1. The molecule has 5 atom stereocenters. The number of ether oxygens (including phenoxy) is 1. The average Bonchev–Trinajstić information content (AvgIpc) is 3.61. The van der Waals surface area contributed by atoms with Crippen LogP contribution in [-0.4, -0.2) is 81.5 Å². The minimum Gasteiger partial charge on any atom is -0.453 e. The lowest BCUT2D eigenvalue weighted by atomic mass is 9.74. The van der Waals surface area contributed by atoms with E-state index in [9.17, 15) is 24.6 Å². The summed E-state index contributed by atoms with van der Waals surface area (Å²) in [5.74, 6) is -0.591. The zero-order valence-electron chi connectivity index (χ0n) is 31.4. The molecule has 284 valence electrons. The molecule has 11 nitrogen and oxygen atoms in total. The zero-order valence-corrected chi connectivity index (χ0v) is 31.4. The summed E-state index contributed by atoms with van der Waals surface area (Å²) >= 11 is 0. The maximum absolute atomic E-state index is 14.7. The third kappa shape index (κ3) is 8.49. The highest BCUT2D eigenvalue weighted by atomic mass is 16.5. The minimum absolute atomic E-state index is 0.109. The Morgan fingerprint density at radius 3 is 2.37 bits per heavy atom. The molecule has 4 aromatic rings. The van der Waals surface area contributed by atoms with E-state index in [-0.39, 0.29) is 12.5 Å². The number of carbonyl (C=O) groups is 3. The highest BCUT2D eigenvalue weighted by Gasteiger charge is 2.56. The van der Waals surface area contributed by atoms with Gasteiger partial charge in [0.05, 0.1) is 30.8 Å². The van der Waals surface area contributed by atoms with Gasteiger partial charge in [-0.2, -0.15) is 0 Å². The second kappa shape index (κ2) is 16.5. The molecule has 0 bridgehead atoms. The van der Waals surface area contributed by atoms with E-state index in [4.69, 9.17) is 4.74 Å². The SMILES string of the molecule is COC(=O)N[C@H](C(=O)NN(CCC[C@@]1(Cc2ccccc2)C(=O)N(C2c3ccccc3C[C@H]2O)C[C@H]1O)Cc1ccc(-c2cccnc2)cc1)C(C)(C)C. The Morgan fingerprint density at radius 1 is 0.963 bits per heavy atom. The Hall–Kier alpha value is -5.10. The molecule has 0 radical (unpaired) electrons. The van der Waals surface area contributed by atoms with Crippen molar-refractivity contribution in [1.29, 1.82) is 0 Å². The number of hydrogen-bond acceptors (Lipinski definition) is 8. The molecule has 4 N–H and O–H groups in total. The number of hydrazine groups is 1. The molecule has 1 aromatic heterocycles. The number of fused-ring (bicyclic) bond motifs is 1. The van der Waals surface area contributed by atoms with Gasteiger partial charge in [0.2, 0.25) is 5.91 Å². The van der Waals surface area contributed by atoms with Crippen LogP contribution >= 0.6 is 0 Å². The number of rotatable bonds is 13. The molecule has 3 amide bonds. The van der Waals surface area contributed by atoms with Crippen LogP contribution < -0.4 is 10.7 Å². The summed E-state index contributed by atoms with van der Waals surface area (Å²) in [5.41, 5.74) is 7.05. The van der Waals surface area contributed by atoms with Gasteiger partial charge < -0.3 is 25.2 Å². The number of aliphatic hydroxyl groups excluding tert-OH is 2. The van der Waals surface area contributed by atoms with Gasteiger partial charge in [0.15, 0.2) is 0 Å². The van der Waals surface area contributed by atoms with Crippen molar-refractivity contribution >= 4 is 17.9 Å². The van der Waals surface area contributed by atoms with Crippen molar-refractivity contribution in [3.8, 4) is 11.1 Å². The topological polar surface area (TPSA) is 144 Å². The van der Waals surface area contributed by atoms with E-state index < -0.39 is 47.1 Å². The zero-order chi connectivity index (χ0) is 38.5. The number of nitrogens with zero attached hydrogens (tertiary/aromatic N) is 3. The van der Waals surface area contributed by atoms with Crippen LogP contribution in [-0.2, 0) is 33.7 Å². The van der Waals surface area contributed by atoms with Crippen LogP contribution in [0.5, 0.6) is 0 Å². The molecule has 11 heteroatoms. The van der Waals surface area contributed by atoms with Gasteiger partial charge in [-0.25, -0.2) is 9.80 Å². The molecule has 1 aliphatic carbocycles. The van der Waals surface area contributed by atoms with Crippen molar-refractivity contribution in [2.45, 2.75) is 77.3 Å². The van der Waals surface area contributed by atoms with Crippen molar-refractivity contribution in [3.05, 3.63) is 126 Å². The smallest absolute Gasteiger partial charge is 0.407 e. The number of benzene rings is 3. The van der Waals surface area contributed by atoms with E-state index in [1.165, 1.54) is 7.11 Å². The van der Waals surface area contributed by atoms with Crippen molar-refractivity contribution < 1.29 is 29.3 Å².